The molecule has 0 aliphatic carbocycles. The minimum atomic E-state index is 0.360. The highest BCUT2D eigenvalue weighted by molar-refractivity contribution is 9.09. The van der Waals surface area contributed by atoms with E-state index in [4.69, 9.17) is 0 Å². The fraction of sp³-hybridized carbons (Fsp3) is 0.538. The first-order valence-electron chi connectivity index (χ1n) is 11.6. The Balaban J connectivity index is 2.22. The lowest BCUT2D eigenvalue weighted by atomic mass is 9.94. The molecule has 0 radical (unpaired) electrons. The van der Waals surface area contributed by atoms with E-state index in [1.807, 2.05) is 12.1 Å². The topological polar surface area (TPSA) is 40.5 Å². The summed E-state index contributed by atoms with van der Waals surface area (Å²) in [4.78, 5) is 2.49. The van der Waals surface area contributed by atoms with Crippen LogP contribution in [0.2, 0.25) is 0 Å². The van der Waals surface area contributed by atoms with E-state index in [2.05, 4.69) is 53.7 Å². The quantitative estimate of drug-likeness (QED) is 0.297. The molecule has 2 atom stereocenters. The summed E-state index contributed by atoms with van der Waals surface area (Å²) in [6.45, 7) is 13.1. The van der Waals surface area contributed by atoms with Crippen molar-refractivity contribution in [2.75, 3.05) is 0 Å². The lowest BCUT2D eigenvalue weighted by molar-refractivity contribution is 0.458. The minimum absolute atomic E-state index is 0.360. The number of phenols is 2. The third-order valence-electron chi connectivity index (χ3n) is 5.93. The predicted octanol–water partition coefficient (Wildman–Crippen LogP) is 9.48. The largest absolute Gasteiger partial charge is 0.508 e. The molecule has 2 rings (SSSR count). The zero-order chi connectivity index (χ0) is 23.0. The average molecular weight is 479 g/mol. The molecule has 0 aliphatic heterocycles. The third-order valence-corrected chi connectivity index (χ3v) is 9.90. The van der Waals surface area contributed by atoms with E-state index in [1.54, 1.807) is 31.4 Å². The molecule has 5 heteroatoms. The first-order chi connectivity index (χ1) is 14.9. The second kappa shape index (κ2) is 13.0. The van der Waals surface area contributed by atoms with Gasteiger partial charge in [0.25, 0.3) is 0 Å². The molecule has 2 N–H and O–H groups in total. The van der Waals surface area contributed by atoms with Gasteiger partial charge in [0.05, 0.1) is 0 Å². The van der Waals surface area contributed by atoms with E-state index in [9.17, 15) is 10.2 Å². The van der Waals surface area contributed by atoms with Gasteiger partial charge >= 0.3 is 0 Å². The van der Waals surface area contributed by atoms with Gasteiger partial charge < -0.3 is 10.2 Å². The number of phenolic OH excluding ortho intramolecular Hbond substituents is 2. The van der Waals surface area contributed by atoms with E-state index in [0.717, 1.165) is 49.7 Å². The lowest BCUT2D eigenvalue weighted by Crippen LogP contribution is -1.97. The molecule has 172 valence electrons. The van der Waals surface area contributed by atoms with Crippen LogP contribution >= 0.6 is 31.4 Å². The van der Waals surface area contributed by atoms with Gasteiger partial charge in [-0.25, -0.2) is 0 Å². The molecule has 0 heterocycles. The first kappa shape index (κ1) is 26.3. The average Bonchev–Trinajstić information content (AvgIpc) is 2.75. The van der Waals surface area contributed by atoms with E-state index in [0.29, 0.717) is 23.3 Å². The SMILES string of the molecule is CCCC(C)c1cc(SSSc2cc(C(C)CCC)c(O)cc2CC)c(CC)cc1O. The Morgan fingerprint density at radius 2 is 1.06 bits per heavy atom. The molecule has 0 saturated heterocycles. The van der Waals surface area contributed by atoms with Crippen molar-refractivity contribution in [1.82, 2.24) is 0 Å². The molecule has 0 fully saturated rings. The monoisotopic (exact) mass is 478 g/mol. The number of aromatic hydroxyl groups is 2. The van der Waals surface area contributed by atoms with Crippen LogP contribution in [-0.2, 0) is 12.8 Å². The summed E-state index contributed by atoms with van der Waals surface area (Å²) in [5.74, 6) is 1.58. The molecule has 2 nitrogen and oxygen atoms in total. The second-order valence-corrected chi connectivity index (χ2v) is 12.3. The van der Waals surface area contributed by atoms with Crippen molar-refractivity contribution < 1.29 is 10.2 Å². The Labute approximate surface area is 200 Å². The number of aryl methyl sites for hydroxylation is 2. The molecule has 0 aliphatic rings. The van der Waals surface area contributed by atoms with E-state index in [1.165, 1.54) is 20.9 Å². The number of rotatable bonds is 12. The maximum Gasteiger partial charge on any atom is 0.119 e. The Bertz CT molecular complexity index is 782. The highest BCUT2D eigenvalue weighted by Crippen LogP contribution is 2.49. The Hall–Kier alpha value is -0.910. The Morgan fingerprint density at radius 1 is 0.677 bits per heavy atom. The normalized spacial score (nSPS) is 13.4. The van der Waals surface area contributed by atoms with Crippen molar-refractivity contribution >= 4 is 31.4 Å². The summed E-state index contributed by atoms with van der Waals surface area (Å²) < 4.78 is 0. The zero-order valence-electron chi connectivity index (χ0n) is 19.8. The predicted molar refractivity (Wildman–Crippen MR) is 141 cm³/mol. The molecule has 0 aromatic heterocycles. The van der Waals surface area contributed by atoms with Gasteiger partial charge in [0.15, 0.2) is 0 Å². The summed E-state index contributed by atoms with van der Waals surface area (Å²) >= 11 is 0. The fourth-order valence-electron chi connectivity index (χ4n) is 4.02. The van der Waals surface area contributed by atoms with Crippen LogP contribution in [0, 0.1) is 0 Å². The smallest absolute Gasteiger partial charge is 0.119 e. The molecule has 0 saturated carbocycles. The molecular weight excluding hydrogens is 440 g/mol. The Morgan fingerprint density at radius 3 is 1.39 bits per heavy atom. The maximum atomic E-state index is 10.5. The second-order valence-electron chi connectivity index (χ2n) is 8.36. The summed E-state index contributed by atoms with van der Waals surface area (Å²) in [5, 5.41) is 21.0. The molecular formula is C26H38O2S3. The molecule has 2 aromatic rings. The molecule has 2 unspecified atom stereocenters. The van der Waals surface area contributed by atoms with Crippen LogP contribution in [0.5, 0.6) is 11.5 Å². The molecule has 0 bridgehead atoms. The van der Waals surface area contributed by atoms with Crippen LogP contribution in [0.1, 0.15) is 101 Å². The van der Waals surface area contributed by atoms with Gasteiger partial charge in [-0.05, 0) is 115 Å². The van der Waals surface area contributed by atoms with Gasteiger partial charge in [0.1, 0.15) is 11.5 Å². The fourth-order valence-corrected chi connectivity index (χ4v) is 8.27. The van der Waals surface area contributed by atoms with Crippen LogP contribution in [-0.4, -0.2) is 10.2 Å². The van der Waals surface area contributed by atoms with Crippen molar-refractivity contribution in [2.24, 2.45) is 0 Å². The van der Waals surface area contributed by atoms with Crippen LogP contribution in [0.15, 0.2) is 34.1 Å². The van der Waals surface area contributed by atoms with Crippen molar-refractivity contribution in [1.29, 1.82) is 0 Å². The minimum Gasteiger partial charge on any atom is -0.508 e. The van der Waals surface area contributed by atoms with Gasteiger partial charge in [-0.2, -0.15) is 0 Å². The van der Waals surface area contributed by atoms with Gasteiger partial charge in [-0.1, -0.05) is 54.4 Å². The van der Waals surface area contributed by atoms with Crippen LogP contribution in [0.25, 0.3) is 0 Å². The van der Waals surface area contributed by atoms with Crippen LogP contribution < -0.4 is 0 Å². The van der Waals surface area contributed by atoms with Crippen molar-refractivity contribution in [2.45, 2.75) is 102 Å². The van der Waals surface area contributed by atoms with E-state index >= 15 is 0 Å². The maximum absolute atomic E-state index is 10.5. The van der Waals surface area contributed by atoms with Gasteiger partial charge in [0.2, 0.25) is 0 Å². The summed E-state index contributed by atoms with van der Waals surface area (Å²) in [7, 11) is 5.33. The Kier molecular flexibility index (Phi) is 11.0. The highest BCUT2D eigenvalue weighted by Gasteiger charge is 2.17. The van der Waals surface area contributed by atoms with Crippen molar-refractivity contribution in [3.63, 3.8) is 0 Å². The van der Waals surface area contributed by atoms with Crippen LogP contribution in [0.3, 0.4) is 0 Å². The molecule has 31 heavy (non-hydrogen) atoms. The first-order valence-corrected chi connectivity index (χ1v) is 15.1. The number of benzene rings is 2. The summed E-state index contributed by atoms with van der Waals surface area (Å²) in [5.41, 5.74) is 4.51. The van der Waals surface area contributed by atoms with Gasteiger partial charge in [-0.15, -0.1) is 0 Å². The summed E-state index contributed by atoms with van der Waals surface area (Å²) in [6.07, 6.45) is 6.20. The zero-order valence-corrected chi connectivity index (χ0v) is 22.3. The number of hydrogen-bond donors (Lipinski definition) is 2. The summed E-state index contributed by atoms with van der Waals surface area (Å²) in [6, 6.07) is 8.30. The van der Waals surface area contributed by atoms with Crippen molar-refractivity contribution in [3.8, 4) is 11.5 Å². The van der Waals surface area contributed by atoms with E-state index < -0.39 is 0 Å². The molecule has 0 amide bonds. The molecule has 0 spiro atoms. The molecule has 2 aromatic carbocycles. The lowest BCUT2D eigenvalue weighted by Gasteiger charge is -2.18. The van der Waals surface area contributed by atoms with Crippen molar-refractivity contribution in [3.05, 3.63) is 46.5 Å². The number of hydrogen-bond acceptors (Lipinski definition) is 5. The third kappa shape index (κ3) is 7.03. The van der Waals surface area contributed by atoms with Gasteiger partial charge in [-0.3, -0.25) is 0 Å². The van der Waals surface area contributed by atoms with Crippen LogP contribution in [0.4, 0.5) is 0 Å². The highest BCUT2D eigenvalue weighted by atomic mass is 33.5. The van der Waals surface area contributed by atoms with Gasteiger partial charge in [0, 0.05) is 9.79 Å². The standard InChI is InChI=1S/C26H38O2S3/c1-7-11-17(5)21-15-25(19(9-3)13-23(21)27)29-31-30-26-16-22(18(6)12-8-2)24(28)14-20(26)10-4/h13-18,27-28H,7-12H2,1-6H3. The van der Waals surface area contributed by atoms with E-state index in [-0.39, 0.29) is 0 Å².